The molecule has 0 nitrogen and oxygen atoms in total. The van der Waals surface area contributed by atoms with E-state index in [9.17, 15) is 0 Å². The Kier molecular flexibility index (Phi) is 12.5. The Labute approximate surface area is 91.4 Å². The molecule has 0 spiro atoms. The summed E-state index contributed by atoms with van der Waals surface area (Å²) in [5.41, 5.74) is 0. The molecule has 0 N–H and O–H groups in total. The molecule has 0 atom stereocenters. The zero-order valence-corrected chi connectivity index (χ0v) is 10.4. The van der Waals surface area contributed by atoms with Crippen LogP contribution in [0, 0.1) is 0 Å². The molecular weight excluding hydrogens is 338 g/mol. The van der Waals surface area contributed by atoms with E-state index in [2.05, 4.69) is 31.9 Å². The van der Waals surface area contributed by atoms with E-state index in [0.29, 0.717) is 0 Å². The van der Waals surface area contributed by atoms with Gasteiger partial charge in [0.15, 0.2) is 0 Å². The van der Waals surface area contributed by atoms with Gasteiger partial charge in [-0.25, -0.2) is 0 Å². The Morgan fingerprint density at radius 1 is 1.11 bits per heavy atom. The summed E-state index contributed by atoms with van der Waals surface area (Å²) in [5.74, 6) is 0.0394. The largest absolute Gasteiger partial charge is 0.203 e. The molecule has 0 unspecified atom stereocenters. The van der Waals surface area contributed by atoms with Crippen LogP contribution in [0.1, 0.15) is 0 Å². The monoisotopic (exact) mass is 338 g/mol. The number of rotatable bonds is 0. The molecule has 0 saturated heterocycles. The van der Waals surface area contributed by atoms with Crippen LogP contribution in [-0.4, -0.2) is 13.9 Å². The van der Waals surface area contributed by atoms with Crippen molar-refractivity contribution in [2.24, 2.45) is 0 Å². The van der Waals surface area contributed by atoms with Crippen LogP contribution in [0.15, 0.2) is 0 Å². The van der Waals surface area contributed by atoms with Gasteiger partial charge in [-0.1, -0.05) is 66.7 Å². The normalized spacial score (nSPS) is 10.0. The van der Waals surface area contributed by atoms with Gasteiger partial charge < -0.3 is 0 Å². The molecule has 0 aromatic carbocycles. The molecular formula is C3H4Br2Cl4. The van der Waals surface area contributed by atoms with Crippen LogP contribution >= 0.6 is 78.3 Å². The van der Waals surface area contributed by atoms with Crippen LogP contribution < -0.4 is 0 Å². The second kappa shape index (κ2) is 8.22. The van der Waals surface area contributed by atoms with Crippen molar-refractivity contribution >= 4 is 78.3 Å². The SMILES string of the molecule is BrCBr.ClCC(Cl)(Cl)Cl. The molecule has 9 heavy (non-hydrogen) atoms. The third kappa shape index (κ3) is 25.5. The van der Waals surface area contributed by atoms with E-state index in [-0.39, 0.29) is 5.88 Å². The third-order valence-electron chi connectivity index (χ3n) is 0.152. The Morgan fingerprint density at radius 3 is 1.22 bits per heavy atom. The molecule has 0 heterocycles. The van der Waals surface area contributed by atoms with E-state index >= 15 is 0 Å². The first kappa shape index (κ1) is 13.7. The Hall–Kier alpha value is 2.12. The highest BCUT2D eigenvalue weighted by molar-refractivity contribution is 9.24. The van der Waals surface area contributed by atoms with E-state index in [0.717, 1.165) is 4.24 Å². The second-order valence-corrected chi connectivity index (χ2v) is 6.26. The van der Waals surface area contributed by atoms with Crippen molar-refractivity contribution in [2.75, 3.05) is 10.1 Å². The molecule has 0 aromatic rings. The first-order chi connectivity index (χ1) is 3.97. The van der Waals surface area contributed by atoms with E-state index in [4.69, 9.17) is 46.4 Å². The van der Waals surface area contributed by atoms with Gasteiger partial charge in [-0.2, -0.15) is 0 Å². The topological polar surface area (TPSA) is 0 Å². The summed E-state index contributed by atoms with van der Waals surface area (Å²) in [7, 11) is 0. The molecule has 0 bridgehead atoms. The fourth-order valence-corrected chi connectivity index (χ4v) is 0. The Bertz CT molecular complexity index is 52.3. The molecule has 6 heteroatoms. The lowest BCUT2D eigenvalue weighted by Crippen LogP contribution is -2.01. The molecule has 0 aliphatic rings. The average molecular weight is 342 g/mol. The highest BCUT2D eigenvalue weighted by Crippen LogP contribution is 2.26. The minimum absolute atomic E-state index is 0.0394. The lowest BCUT2D eigenvalue weighted by atomic mass is 10.9. The van der Waals surface area contributed by atoms with Gasteiger partial charge in [-0.3, -0.25) is 0 Å². The molecule has 0 radical (unpaired) electrons. The Balaban J connectivity index is 0. The third-order valence-corrected chi connectivity index (χ3v) is 1.36. The number of halogens is 6. The molecule has 58 valence electrons. The Morgan fingerprint density at radius 2 is 1.22 bits per heavy atom. The number of hydrogen-bond acceptors (Lipinski definition) is 0. The lowest BCUT2D eigenvalue weighted by molar-refractivity contribution is 1.28. The van der Waals surface area contributed by atoms with Crippen molar-refractivity contribution in [3.05, 3.63) is 0 Å². The first-order valence-corrected chi connectivity index (χ1v) is 5.63. The quantitative estimate of drug-likeness (QED) is 0.575. The van der Waals surface area contributed by atoms with E-state index < -0.39 is 3.79 Å². The molecule has 0 aromatic heterocycles. The number of alkyl halides is 6. The van der Waals surface area contributed by atoms with Crippen molar-refractivity contribution in [1.82, 2.24) is 0 Å². The summed E-state index contributed by atoms with van der Waals surface area (Å²) >= 11 is 26.6. The highest BCUT2D eigenvalue weighted by atomic mass is 79.9. The van der Waals surface area contributed by atoms with Gasteiger partial charge in [0.1, 0.15) is 0 Å². The maximum atomic E-state index is 5.12. The molecule has 0 fully saturated rings. The fraction of sp³-hybridized carbons (Fsp3) is 1.00. The predicted molar refractivity (Wildman–Crippen MR) is 53.7 cm³/mol. The minimum atomic E-state index is -1.28. The van der Waals surface area contributed by atoms with Gasteiger partial charge in [0.25, 0.3) is 0 Å². The standard InChI is InChI=1S/C2H2Cl4.CH2Br2/c3-1-2(4,5)6;2-1-3/h1H2;1H2. The van der Waals surface area contributed by atoms with Crippen LogP contribution in [0.3, 0.4) is 0 Å². The van der Waals surface area contributed by atoms with Crippen molar-refractivity contribution in [3.63, 3.8) is 0 Å². The summed E-state index contributed by atoms with van der Waals surface area (Å²) < 4.78 is -0.401. The van der Waals surface area contributed by atoms with E-state index in [1.807, 2.05) is 0 Å². The maximum absolute atomic E-state index is 5.12. The summed E-state index contributed by atoms with van der Waals surface area (Å²) in [6, 6.07) is 0. The van der Waals surface area contributed by atoms with Gasteiger partial charge in [-0.05, 0) is 0 Å². The summed E-state index contributed by atoms with van der Waals surface area (Å²) in [6.07, 6.45) is 0. The van der Waals surface area contributed by atoms with Gasteiger partial charge in [0, 0.05) is 0 Å². The fourth-order valence-electron chi connectivity index (χ4n) is 0. The average Bonchev–Trinajstić information content (AvgIpc) is 1.67. The van der Waals surface area contributed by atoms with Crippen LogP contribution in [0.2, 0.25) is 0 Å². The highest BCUT2D eigenvalue weighted by Gasteiger charge is 2.16. The van der Waals surface area contributed by atoms with Crippen molar-refractivity contribution in [3.8, 4) is 0 Å². The van der Waals surface area contributed by atoms with Crippen LogP contribution in [0.25, 0.3) is 0 Å². The molecule has 0 rings (SSSR count). The van der Waals surface area contributed by atoms with E-state index in [1.54, 1.807) is 0 Å². The maximum Gasteiger partial charge on any atom is 0.203 e. The molecule has 0 saturated carbocycles. The van der Waals surface area contributed by atoms with Crippen LogP contribution in [0.4, 0.5) is 0 Å². The zero-order valence-electron chi connectivity index (χ0n) is 4.18. The summed E-state index contributed by atoms with van der Waals surface area (Å²) in [4.78, 5) is 0. The van der Waals surface area contributed by atoms with Crippen molar-refractivity contribution in [2.45, 2.75) is 3.79 Å². The molecule has 0 aliphatic carbocycles. The van der Waals surface area contributed by atoms with Gasteiger partial charge >= 0.3 is 0 Å². The predicted octanol–water partition coefficient (Wildman–Crippen LogP) is 4.33. The summed E-state index contributed by atoms with van der Waals surface area (Å²) in [5, 5.41) is 0. The van der Waals surface area contributed by atoms with Gasteiger partial charge in [0.2, 0.25) is 3.79 Å². The van der Waals surface area contributed by atoms with Crippen LogP contribution in [0.5, 0.6) is 0 Å². The lowest BCUT2D eigenvalue weighted by Gasteiger charge is -2.00. The minimum Gasteiger partial charge on any atom is -0.122 e. The van der Waals surface area contributed by atoms with Crippen molar-refractivity contribution in [1.29, 1.82) is 0 Å². The first-order valence-electron chi connectivity index (χ1n) is 1.72. The molecule has 0 aliphatic heterocycles. The van der Waals surface area contributed by atoms with Crippen molar-refractivity contribution < 1.29 is 0 Å². The van der Waals surface area contributed by atoms with Gasteiger partial charge in [-0.15, -0.1) is 11.6 Å². The molecule has 0 amide bonds. The second-order valence-electron chi connectivity index (χ2n) is 0.850. The van der Waals surface area contributed by atoms with Crippen LogP contribution in [-0.2, 0) is 0 Å². The number of hydrogen-bond donors (Lipinski definition) is 0. The smallest absolute Gasteiger partial charge is 0.122 e. The van der Waals surface area contributed by atoms with E-state index in [1.165, 1.54) is 0 Å². The summed E-state index contributed by atoms with van der Waals surface area (Å²) in [6.45, 7) is 0. The van der Waals surface area contributed by atoms with Gasteiger partial charge in [0.05, 0.1) is 10.1 Å². The zero-order chi connectivity index (χ0) is 7.91.